The van der Waals surface area contributed by atoms with Gasteiger partial charge in [0, 0.05) is 11.6 Å². The molecule has 2 aromatic carbocycles. The van der Waals surface area contributed by atoms with E-state index >= 15 is 0 Å². The molecule has 0 unspecified atom stereocenters. The molecule has 4 N–H and O–H groups in total. The molecule has 0 radical (unpaired) electrons. The van der Waals surface area contributed by atoms with Crippen LogP contribution in [0.25, 0.3) is 0 Å². The van der Waals surface area contributed by atoms with Crippen LogP contribution in [0.3, 0.4) is 0 Å². The standard InChI is InChI=1S/C16H20N2O/c1-16(2,3)12-6-4-5-7-15(12)19-11-8-9-13(17)14(18)10-11/h4-10H,17-18H2,1-3H3. The fourth-order valence-corrected chi connectivity index (χ4v) is 1.92. The molecule has 100 valence electrons. The third kappa shape index (κ3) is 2.99. The van der Waals surface area contributed by atoms with Crippen LogP contribution in [0.5, 0.6) is 11.5 Å². The minimum absolute atomic E-state index is 0.0238. The van der Waals surface area contributed by atoms with Gasteiger partial charge in [0.25, 0.3) is 0 Å². The number of rotatable bonds is 2. The summed E-state index contributed by atoms with van der Waals surface area (Å²) in [5, 5.41) is 0. The monoisotopic (exact) mass is 256 g/mol. The molecule has 3 heteroatoms. The molecule has 0 aliphatic carbocycles. The van der Waals surface area contributed by atoms with Gasteiger partial charge in [0.1, 0.15) is 11.5 Å². The van der Waals surface area contributed by atoms with Crippen LogP contribution in [0.1, 0.15) is 26.3 Å². The zero-order valence-corrected chi connectivity index (χ0v) is 11.6. The van der Waals surface area contributed by atoms with Crippen LogP contribution in [0, 0.1) is 0 Å². The number of para-hydroxylation sites is 1. The number of nitrogen functional groups attached to an aromatic ring is 2. The summed E-state index contributed by atoms with van der Waals surface area (Å²) in [6.45, 7) is 6.48. The molecule has 0 atom stereocenters. The highest BCUT2D eigenvalue weighted by atomic mass is 16.5. The second kappa shape index (κ2) is 4.84. The largest absolute Gasteiger partial charge is 0.457 e. The number of ether oxygens (including phenoxy) is 1. The molecule has 3 nitrogen and oxygen atoms in total. The van der Waals surface area contributed by atoms with E-state index in [0.29, 0.717) is 17.1 Å². The summed E-state index contributed by atoms with van der Waals surface area (Å²) in [5.74, 6) is 1.54. The lowest BCUT2D eigenvalue weighted by atomic mass is 9.86. The normalized spacial score (nSPS) is 11.3. The van der Waals surface area contributed by atoms with E-state index in [9.17, 15) is 0 Å². The first-order valence-corrected chi connectivity index (χ1v) is 6.30. The first kappa shape index (κ1) is 13.3. The zero-order valence-electron chi connectivity index (χ0n) is 11.6. The quantitative estimate of drug-likeness (QED) is 0.800. The Morgan fingerprint density at radius 3 is 2.21 bits per heavy atom. The van der Waals surface area contributed by atoms with Gasteiger partial charge in [0.15, 0.2) is 0 Å². The van der Waals surface area contributed by atoms with E-state index in [-0.39, 0.29) is 5.41 Å². The average molecular weight is 256 g/mol. The SMILES string of the molecule is CC(C)(C)c1ccccc1Oc1ccc(N)c(N)c1. The van der Waals surface area contributed by atoms with Crippen molar-refractivity contribution in [3.8, 4) is 11.5 Å². The molecule has 0 heterocycles. The summed E-state index contributed by atoms with van der Waals surface area (Å²) in [6, 6.07) is 13.4. The van der Waals surface area contributed by atoms with Crippen molar-refractivity contribution in [2.75, 3.05) is 11.5 Å². The average Bonchev–Trinajstić information content (AvgIpc) is 2.33. The van der Waals surface area contributed by atoms with Gasteiger partial charge in [-0.05, 0) is 23.6 Å². The lowest BCUT2D eigenvalue weighted by Crippen LogP contribution is -2.12. The van der Waals surface area contributed by atoms with Crippen molar-refractivity contribution in [1.29, 1.82) is 0 Å². The lowest BCUT2D eigenvalue weighted by molar-refractivity contribution is 0.455. The number of nitrogens with two attached hydrogens (primary N) is 2. The molecule has 0 saturated carbocycles. The van der Waals surface area contributed by atoms with E-state index < -0.39 is 0 Å². The smallest absolute Gasteiger partial charge is 0.131 e. The highest BCUT2D eigenvalue weighted by Gasteiger charge is 2.18. The molecule has 0 amide bonds. The molecule has 0 aliphatic rings. The van der Waals surface area contributed by atoms with Crippen LogP contribution in [-0.2, 0) is 5.41 Å². The molecular weight excluding hydrogens is 236 g/mol. The van der Waals surface area contributed by atoms with Gasteiger partial charge >= 0.3 is 0 Å². The maximum absolute atomic E-state index is 5.94. The molecular formula is C16H20N2O. The number of anilines is 2. The molecule has 2 aromatic rings. The van der Waals surface area contributed by atoms with Crippen molar-refractivity contribution >= 4 is 11.4 Å². The highest BCUT2D eigenvalue weighted by molar-refractivity contribution is 5.65. The van der Waals surface area contributed by atoms with E-state index in [1.54, 1.807) is 12.1 Å². The molecule has 0 aromatic heterocycles. The predicted molar refractivity (Wildman–Crippen MR) is 80.5 cm³/mol. The van der Waals surface area contributed by atoms with Crippen molar-refractivity contribution in [1.82, 2.24) is 0 Å². The zero-order chi connectivity index (χ0) is 14.0. The van der Waals surface area contributed by atoms with Crippen molar-refractivity contribution in [3.63, 3.8) is 0 Å². The van der Waals surface area contributed by atoms with Crippen molar-refractivity contribution in [2.45, 2.75) is 26.2 Å². The van der Waals surface area contributed by atoms with Crippen LogP contribution < -0.4 is 16.2 Å². The molecule has 0 fully saturated rings. The van der Waals surface area contributed by atoms with Gasteiger partial charge in [-0.3, -0.25) is 0 Å². The van der Waals surface area contributed by atoms with E-state index in [1.807, 2.05) is 24.3 Å². The second-order valence-electron chi connectivity index (χ2n) is 5.64. The Hall–Kier alpha value is -2.16. The van der Waals surface area contributed by atoms with Gasteiger partial charge in [0.2, 0.25) is 0 Å². The maximum Gasteiger partial charge on any atom is 0.131 e. The van der Waals surface area contributed by atoms with E-state index in [1.165, 1.54) is 0 Å². The highest BCUT2D eigenvalue weighted by Crippen LogP contribution is 2.34. The third-order valence-corrected chi connectivity index (χ3v) is 2.98. The molecule has 0 saturated heterocycles. The fraction of sp³-hybridized carbons (Fsp3) is 0.250. The van der Waals surface area contributed by atoms with Gasteiger partial charge in [-0.1, -0.05) is 39.0 Å². The third-order valence-electron chi connectivity index (χ3n) is 2.98. The van der Waals surface area contributed by atoms with E-state index in [2.05, 4.69) is 26.8 Å². The van der Waals surface area contributed by atoms with Gasteiger partial charge in [-0.15, -0.1) is 0 Å². The Bertz CT molecular complexity index is 586. The Morgan fingerprint density at radius 2 is 1.58 bits per heavy atom. The molecule has 0 bridgehead atoms. The molecule has 0 spiro atoms. The van der Waals surface area contributed by atoms with Crippen LogP contribution in [-0.4, -0.2) is 0 Å². The summed E-state index contributed by atoms with van der Waals surface area (Å²) in [6.07, 6.45) is 0. The second-order valence-corrected chi connectivity index (χ2v) is 5.64. The van der Waals surface area contributed by atoms with Gasteiger partial charge < -0.3 is 16.2 Å². The Balaban J connectivity index is 2.36. The molecule has 0 aliphatic heterocycles. The van der Waals surface area contributed by atoms with Gasteiger partial charge in [-0.2, -0.15) is 0 Å². The Kier molecular flexibility index (Phi) is 3.38. The maximum atomic E-state index is 5.94. The minimum atomic E-state index is 0.0238. The number of hydrogen-bond acceptors (Lipinski definition) is 3. The van der Waals surface area contributed by atoms with Crippen LogP contribution in [0.4, 0.5) is 11.4 Å². The van der Waals surface area contributed by atoms with Crippen LogP contribution in [0.15, 0.2) is 42.5 Å². The van der Waals surface area contributed by atoms with Crippen molar-refractivity contribution in [2.24, 2.45) is 0 Å². The van der Waals surface area contributed by atoms with E-state index in [0.717, 1.165) is 11.3 Å². The first-order chi connectivity index (χ1) is 8.88. The van der Waals surface area contributed by atoms with E-state index in [4.69, 9.17) is 16.2 Å². The number of benzene rings is 2. The topological polar surface area (TPSA) is 61.3 Å². The first-order valence-electron chi connectivity index (χ1n) is 6.30. The predicted octanol–water partition coefficient (Wildman–Crippen LogP) is 3.94. The van der Waals surface area contributed by atoms with Crippen molar-refractivity contribution < 1.29 is 4.74 Å². The van der Waals surface area contributed by atoms with Gasteiger partial charge in [0.05, 0.1) is 11.4 Å². The summed E-state index contributed by atoms with van der Waals surface area (Å²) in [4.78, 5) is 0. The molecule has 19 heavy (non-hydrogen) atoms. The van der Waals surface area contributed by atoms with Gasteiger partial charge in [-0.25, -0.2) is 0 Å². The summed E-state index contributed by atoms with van der Waals surface area (Å²) < 4.78 is 5.94. The minimum Gasteiger partial charge on any atom is -0.457 e. The summed E-state index contributed by atoms with van der Waals surface area (Å²) >= 11 is 0. The summed E-state index contributed by atoms with van der Waals surface area (Å²) in [5.41, 5.74) is 13.8. The summed E-state index contributed by atoms with van der Waals surface area (Å²) in [7, 11) is 0. The number of hydrogen-bond donors (Lipinski definition) is 2. The Morgan fingerprint density at radius 1 is 0.895 bits per heavy atom. The van der Waals surface area contributed by atoms with Crippen LogP contribution in [0.2, 0.25) is 0 Å². The molecule has 2 rings (SSSR count). The van der Waals surface area contributed by atoms with Crippen molar-refractivity contribution in [3.05, 3.63) is 48.0 Å². The fourth-order valence-electron chi connectivity index (χ4n) is 1.92. The lowest BCUT2D eigenvalue weighted by Gasteiger charge is -2.22. The Labute approximate surface area is 114 Å². The van der Waals surface area contributed by atoms with Crippen LogP contribution >= 0.6 is 0 Å².